The van der Waals surface area contributed by atoms with Gasteiger partial charge in [-0.15, -0.1) is 0 Å². The molecule has 9 nitrogen and oxygen atoms in total. The van der Waals surface area contributed by atoms with Crippen LogP contribution in [0, 0.1) is 44.4 Å². The largest absolute Gasteiger partial charge is 0.468 e. The maximum absolute atomic E-state index is 14.3. The topological polar surface area (TPSA) is 129 Å². The Morgan fingerprint density at radius 3 is 2.35 bits per heavy atom. The lowest BCUT2D eigenvalue weighted by Gasteiger charge is -2.19. The van der Waals surface area contributed by atoms with Gasteiger partial charge in [0.05, 0.1) is 12.8 Å². The third-order valence-electron chi connectivity index (χ3n) is 12.7. The Morgan fingerprint density at radius 1 is 0.930 bits per heavy atom. The molecule has 8 bridgehead atoms. The van der Waals surface area contributed by atoms with Crippen LogP contribution in [0.25, 0.3) is 29.9 Å². The van der Waals surface area contributed by atoms with Gasteiger partial charge in [-0.25, -0.2) is 0 Å². The van der Waals surface area contributed by atoms with Crippen molar-refractivity contribution in [1.29, 1.82) is 0 Å². The third kappa shape index (κ3) is 8.21. The van der Waals surface area contributed by atoms with Crippen LogP contribution in [0.3, 0.4) is 0 Å². The number of aromatic amines is 3. The Bertz CT molecular complexity index is 2290. The van der Waals surface area contributed by atoms with E-state index >= 15 is 0 Å². The standard InChI is InChI=1S/C48H62N4O5/c1-11-14-16-26(4)17-15-18-27(5)21-22-57-41(53)20-19-34-30(8)37-23-35-28(6)32(12-2)39(49-35)24-36-29(7)33(13-3)40(50-36)25-38-31(9)42-46(52-38)43(45(34)51-37)44(47(42)54)48(55)56-10/h12,21,23-26,30,34,44,49-52H,2,11,13-20,22H2,1,3-10H3/b27-21+,36-24-,37-23-,40-25+,45-43-/t26-,30+,34+,44-/m1/s1. The molecule has 0 saturated carbocycles. The van der Waals surface area contributed by atoms with Gasteiger partial charge in [0.15, 0.2) is 5.78 Å². The first-order valence-electron chi connectivity index (χ1n) is 21.0. The lowest BCUT2D eigenvalue weighted by atomic mass is 9.85. The average molecular weight is 775 g/mol. The fourth-order valence-electron chi connectivity index (χ4n) is 9.15. The molecule has 6 rings (SSSR count). The van der Waals surface area contributed by atoms with E-state index in [1.54, 1.807) is 0 Å². The quantitative estimate of drug-likeness (QED) is 0.0696. The van der Waals surface area contributed by atoms with E-state index in [-0.39, 0.29) is 36.6 Å². The van der Waals surface area contributed by atoms with Crippen molar-refractivity contribution in [2.75, 3.05) is 13.7 Å². The number of Topliss-reactive ketones (excluding diaryl/α,β-unsaturated/α-hetero) is 1. The predicted molar refractivity (Wildman–Crippen MR) is 229 cm³/mol. The fraction of sp³-hybridized carbons (Fsp3) is 0.479. The van der Waals surface area contributed by atoms with E-state index in [0.29, 0.717) is 23.3 Å². The summed E-state index contributed by atoms with van der Waals surface area (Å²) >= 11 is 0. The molecule has 3 aliphatic rings. The number of fused-ring (bicyclic) bond motifs is 7. The molecule has 0 aromatic carbocycles. The van der Waals surface area contributed by atoms with E-state index in [9.17, 15) is 14.4 Å². The highest BCUT2D eigenvalue weighted by Gasteiger charge is 2.48. The van der Waals surface area contributed by atoms with E-state index in [2.05, 4.69) is 93.5 Å². The molecule has 57 heavy (non-hydrogen) atoms. The van der Waals surface area contributed by atoms with Crippen LogP contribution >= 0.6 is 0 Å². The van der Waals surface area contributed by atoms with Gasteiger partial charge >= 0.3 is 11.9 Å². The summed E-state index contributed by atoms with van der Waals surface area (Å²) in [5.41, 5.74) is 12.5. The highest BCUT2D eigenvalue weighted by atomic mass is 16.5. The summed E-state index contributed by atoms with van der Waals surface area (Å²) in [6, 6.07) is 0. The van der Waals surface area contributed by atoms with Gasteiger partial charge in [0.25, 0.3) is 0 Å². The fourth-order valence-corrected chi connectivity index (χ4v) is 9.15. The summed E-state index contributed by atoms with van der Waals surface area (Å²) in [5.74, 6) is -1.88. The van der Waals surface area contributed by atoms with Gasteiger partial charge in [-0.3, -0.25) is 14.4 Å². The minimum absolute atomic E-state index is 0.0837. The number of allylic oxidation sites excluding steroid dienone is 3. The molecule has 1 fully saturated rings. The maximum atomic E-state index is 14.3. The molecule has 304 valence electrons. The molecule has 0 radical (unpaired) electrons. The van der Waals surface area contributed by atoms with Crippen molar-refractivity contribution in [1.82, 2.24) is 20.3 Å². The summed E-state index contributed by atoms with van der Waals surface area (Å²) in [7, 11) is 1.32. The summed E-state index contributed by atoms with van der Waals surface area (Å²) in [6.07, 6.45) is 18.8. The molecule has 9 heteroatoms. The van der Waals surface area contributed by atoms with Crippen molar-refractivity contribution in [3.8, 4) is 0 Å². The number of ketones is 1. The van der Waals surface area contributed by atoms with Crippen LogP contribution in [0.2, 0.25) is 0 Å². The molecule has 3 aromatic rings. The molecule has 0 spiro atoms. The summed E-state index contributed by atoms with van der Waals surface area (Å²) < 4.78 is 11.0. The van der Waals surface area contributed by atoms with Crippen molar-refractivity contribution in [3.63, 3.8) is 0 Å². The number of rotatable bonds is 15. The Kier molecular flexibility index (Phi) is 12.8. The van der Waals surface area contributed by atoms with Gasteiger partial charge in [-0.1, -0.05) is 71.6 Å². The second kappa shape index (κ2) is 17.6. The lowest BCUT2D eigenvalue weighted by molar-refractivity contribution is -0.143. The first kappa shape index (κ1) is 41.6. The number of carbonyl (C=O) groups excluding carboxylic acids is 3. The zero-order valence-electron chi connectivity index (χ0n) is 35.5. The van der Waals surface area contributed by atoms with Crippen molar-refractivity contribution < 1.29 is 23.9 Å². The minimum atomic E-state index is -1.14. The van der Waals surface area contributed by atoms with Gasteiger partial charge in [-0.05, 0) is 106 Å². The first-order valence-corrected chi connectivity index (χ1v) is 21.0. The number of ether oxygens (including phenoxy) is 2. The van der Waals surface area contributed by atoms with Gasteiger partial charge < -0.3 is 29.7 Å². The first-order chi connectivity index (χ1) is 27.3. The molecule has 4 N–H and O–H groups in total. The van der Waals surface area contributed by atoms with Crippen LogP contribution in [0.1, 0.15) is 147 Å². The second-order valence-electron chi connectivity index (χ2n) is 16.5. The molecular formula is C48H62N4O5. The molecule has 0 unspecified atom stereocenters. The van der Waals surface area contributed by atoms with Crippen LogP contribution in [-0.4, -0.2) is 46.4 Å². The minimum Gasteiger partial charge on any atom is -0.468 e. The van der Waals surface area contributed by atoms with Crippen molar-refractivity contribution in [2.45, 2.75) is 113 Å². The number of carbonyl (C=O) groups is 3. The van der Waals surface area contributed by atoms with Crippen LogP contribution in [0.4, 0.5) is 0 Å². The van der Waals surface area contributed by atoms with E-state index < -0.39 is 11.9 Å². The molecular weight excluding hydrogens is 713 g/mol. The summed E-state index contributed by atoms with van der Waals surface area (Å²) in [4.78, 5) is 52.1. The molecule has 2 aliphatic heterocycles. The lowest BCUT2D eigenvalue weighted by Crippen LogP contribution is -2.25. The second-order valence-corrected chi connectivity index (χ2v) is 16.5. The SMILES string of the molecule is C=Cc1c2[nH]c(c1C)/C=C1\N/C(=C3\c4[nH]c(c(C)c4C(=O)[C@@H]3C(=O)OC)/C=c3/[nH]/c(c(C)c3CC)=C\2)[C@@H](CCC(=O)OC/C=C(\C)CCC[C@H](C)CCCC)[C@@H]1C. The zero-order valence-corrected chi connectivity index (χ0v) is 35.5. The van der Waals surface area contributed by atoms with Crippen LogP contribution in [0.5, 0.6) is 0 Å². The molecule has 1 aliphatic carbocycles. The number of unbranched alkanes of at least 4 members (excludes halogenated alkanes) is 1. The maximum Gasteiger partial charge on any atom is 0.321 e. The smallest absolute Gasteiger partial charge is 0.321 e. The Balaban J connectivity index is 1.39. The van der Waals surface area contributed by atoms with E-state index in [1.807, 2.05) is 19.1 Å². The molecule has 4 atom stereocenters. The number of nitrogens with one attached hydrogen (secondary N) is 4. The van der Waals surface area contributed by atoms with Crippen molar-refractivity contribution >= 4 is 47.6 Å². The van der Waals surface area contributed by atoms with Gasteiger partial charge in [-0.2, -0.15) is 0 Å². The monoisotopic (exact) mass is 774 g/mol. The number of aromatic nitrogens is 3. The number of hydrogen-bond donors (Lipinski definition) is 4. The average Bonchev–Trinajstić information content (AvgIpc) is 3.93. The van der Waals surface area contributed by atoms with Crippen LogP contribution in [-0.2, 0) is 25.5 Å². The molecule has 5 heterocycles. The van der Waals surface area contributed by atoms with E-state index in [0.717, 1.165) is 86.6 Å². The summed E-state index contributed by atoms with van der Waals surface area (Å²) in [6.45, 7) is 21.5. The molecule has 3 aromatic heterocycles. The number of hydrogen-bond acceptors (Lipinski definition) is 6. The Labute approximate surface area is 337 Å². The number of H-pyrrole nitrogens is 3. The molecule has 0 amide bonds. The van der Waals surface area contributed by atoms with Crippen LogP contribution < -0.4 is 16.0 Å². The van der Waals surface area contributed by atoms with Gasteiger partial charge in [0, 0.05) is 74.1 Å². The summed E-state index contributed by atoms with van der Waals surface area (Å²) in [5, 5.41) is 5.64. The number of esters is 2. The molecule has 1 saturated heterocycles. The predicted octanol–water partition coefficient (Wildman–Crippen LogP) is 8.63. The Morgan fingerprint density at radius 2 is 1.65 bits per heavy atom. The third-order valence-corrected chi connectivity index (χ3v) is 12.7. The van der Waals surface area contributed by atoms with E-state index in [4.69, 9.17) is 9.47 Å². The zero-order chi connectivity index (χ0) is 41.1. The van der Waals surface area contributed by atoms with E-state index in [1.165, 1.54) is 43.9 Å². The van der Waals surface area contributed by atoms with Crippen molar-refractivity contribution in [2.24, 2.45) is 23.7 Å². The highest BCUT2D eigenvalue weighted by Crippen LogP contribution is 2.48. The van der Waals surface area contributed by atoms with Gasteiger partial charge in [0.2, 0.25) is 0 Å². The van der Waals surface area contributed by atoms with Gasteiger partial charge in [0.1, 0.15) is 12.5 Å². The highest BCUT2D eigenvalue weighted by molar-refractivity contribution is 6.24. The number of methoxy groups -OCH3 is 1. The Hall–Kier alpha value is -5.05. The normalized spacial score (nSPS) is 22.5. The van der Waals surface area contributed by atoms with Crippen molar-refractivity contribution in [3.05, 3.63) is 96.5 Å². The van der Waals surface area contributed by atoms with Crippen LogP contribution in [0.15, 0.2) is 29.6 Å².